The van der Waals surface area contributed by atoms with Crippen molar-refractivity contribution in [3.8, 4) is 0 Å². The van der Waals surface area contributed by atoms with Crippen LogP contribution in [0, 0.1) is 5.41 Å². The summed E-state index contributed by atoms with van der Waals surface area (Å²) in [5, 5.41) is 13.3. The molecule has 0 unspecified atom stereocenters. The van der Waals surface area contributed by atoms with Crippen LogP contribution in [0.4, 0.5) is 5.69 Å². The van der Waals surface area contributed by atoms with Gasteiger partial charge in [0.15, 0.2) is 0 Å². The van der Waals surface area contributed by atoms with E-state index in [0.29, 0.717) is 13.0 Å². The topological polar surface area (TPSA) is 75.4 Å². The molecule has 2 rings (SSSR count). The smallest absolute Gasteiger partial charge is 0.309 e. The number of rotatable bonds is 5. The largest absolute Gasteiger partial charge is 0.481 e. The molecule has 6 heteroatoms. The van der Waals surface area contributed by atoms with Crippen molar-refractivity contribution < 1.29 is 9.90 Å². The second kappa shape index (κ2) is 6.28. The Labute approximate surface area is 124 Å². The summed E-state index contributed by atoms with van der Waals surface area (Å²) in [6, 6.07) is 1.60. The van der Waals surface area contributed by atoms with E-state index in [0.717, 1.165) is 31.6 Å². The van der Waals surface area contributed by atoms with Gasteiger partial charge in [0.05, 0.1) is 17.3 Å². The highest BCUT2D eigenvalue weighted by atomic mass is 16.4. The van der Waals surface area contributed by atoms with Gasteiger partial charge in [0.25, 0.3) is 5.56 Å². The average molecular weight is 293 g/mol. The number of anilines is 1. The third-order valence-corrected chi connectivity index (χ3v) is 4.10. The Morgan fingerprint density at radius 1 is 1.33 bits per heavy atom. The van der Waals surface area contributed by atoms with E-state index < -0.39 is 11.4 Å². The summed E-state index contributed by atoms with van der Waals surface area (Å²) in [5.41, 5.74) is -0.153. The first-order chi connectivity index (χ1) is 9.90. The van der Waals surface area contributed by atoms with Crippen LogP contribution in [-0.2, 0) is 11.3 Å². The highest BCUT2D eigenvalue weighted by Crippen LogP contribution is 2.21. The van der Waals surface area contributed by atoms with Crippen LogP contribution in [0.5, 0.6) is 0 Å². The molecule has 6 nitrogen and oxygen atoms in total. The van der Waals surface area contributed by atoms with Crippen molar-refractivity contribution in [1.82, 2.24) is 9.78 Å². The summed E-state index contributed by atoms with van der Waals surface area (Å²) in [5.74, 6) is -0.861. The molecule has 0 radical (unpaired) electrons. The maximum absolute atomic E-state index is 12.1. The SMILES string of the molecule is CC(C)(CCn1ncc(N2CCCCC2)cc1=O)C(=O)O. The maximum atomic E-state index is 12.1. The summed E-state index contributed by atoms with van der Waals surface area (Å²) in [6.45, 7) is 5.57. The van der Waals surface area contributed by atoms with Crippen molar-refractivity contribution in [1.29, 1.82) is 0 Å². The summed E-state index contributed by atoms with van der Waals surface area (Å²) >= 11 is 0. The van der Waals surface area contributed by atoms with Crippen LogP contribution in [0.25, 0.3) is 0 Å². The molecule has 0 atom stereocenters. The molecule has 0 spiro atoms. The zero-order valence-corrected chi connectivity index (χ0v) is 12.7. The molecule has 1 aromatic heterocycles. The number of carbonyl (C=O) groups is 1. The van der Waals surface area contributed by atoms with Crippen molar-refractivity contribution in [2.45, 2.75) is 46.1 Å². The minimum Gasteiger partial charge on any atom is -0.481 e. The third kappa shape index (κ3) is 3.83. The lowest BCUT2D eigenvalue weighted by Gasteiger charge is -2.28. The van der Waals surface area contributed by atoms with Gasteiger partial charge < -0.3 is 10.0 Å². The second-order valence-corrected chi connectivity index (χ2v) is 6.26. The van der Waals surface area contributed by atoms with E-state index in [1.54, 1.807) is 26.1 Å². The molecule has 1 fully saturated rings. The van der Waals surface area contributed by atoms with E-state index in [2.05, 4.69) is 10.00 Å². The van der Waals surface area contributed by atoms with E-state index in [1.165, 1.54) is 11.1 Å². The van der Waals surface area contributed by atoms with Crippen LogP contribution in [0.15, 0.2) is 17.1 Å². The predicted octanol–water partition coefficient (Wildman–Crippen LogP) is 1.73. The fourth-order valence-electron chi connectivity index (χ4n) is 2.41. The number of carboxylic acids is 1. The molecule has 21 heavy (non-hydrogen) atoms. The number of nitrogens with zero attached hydrogens (tertiary/aromatic N) is 3. The average Bonchev–Trinajstić information content (AvgIpc) is 2.46. The molecule has 0 aliphatic carbocycles. The Morgan fingerprint density at radius 3 is 2.57 bits per heavy atom. The number of piperidine rings is 1. The van der Waals surface area contributed by atoms with Gasteiger partial charge >= 0.3 is 5.97 Å². The van der Waals surface area contributed by atoms with Crippen molar-refractivity contribution in [2.24, 2.45) is 5.41 Å². The predicted molar refractivity (Wildman–Crippen MR) is 80.6 cm³/mol. The molecule has 1 N–H and O–H groups in total. The van der Waals surface area contributed by atoms with E-state index in [9.17, 15) is 9.59 Å². The Hall–Kier alpha value is -1.85. The normalized spacial score (nSPS) is 16.0. The fraction of sp³-hybridized carbons (Fsp3) is 0.667. The monoisotopic (exact) mass is 293 g/mol. The van der Waals surface area contributed by atoms with Crippen LogP contribution in [0.2, 0.25) is 0 Å². The number of aryl methyl sites for hydroxylation is 1. The van der Waals surface area contributed by atoms with E-state index in [-0.39, 0.29) is 5.56 Å². The third-order valence-electron chi connectivity index (χ3n) is 4.10. The molecular weight excluding hydrogens is 270 g/mol. The Balaban J connectivity index is 2.05. The Bertz CT molecular complexity index is 560. The summed E-state index contributed by atoms with van der Waals surface area (Å²) in [6.07, 6.45) is 5.62. The molecule has 0 saturated carbocycles. The van der Waals surface area contributed by atoms with E-state index in [4.69, 9.17) is 5.11 Å². The highest BCUT2D eigenvalue weighted by molar-refractivity contribution is 5.73. The molecule has 116 valence electrons. The number of hydrogen-bond acceptors (Lipinski definition) is 4. The lowest BCUT2D eigenvalue weighted by atomic mass is 9.90. The van der Waals surface area contributed by atoms with Crippen molar-refractivity contribution >= 4 is 11.7 Å². The van der Waals surface area contributed by atoms with Gasteiger partial charge in [-0.3, -0.25) is 9.59 Å². The van der Waals surface area contributed by atoms with Gasteiger partial charge in [0.1, 0.15) is 0 Å². The Kier molecular flexibility index (Phi) is 4.65. The molecular formula is C15H23N3O3. The van der Waals surface area contributed by atoms with Gasteiger partial charge in [-0.1, -0.05) is 0 Å². The molecule has 0 aromatic carbocycles. The zero-order valence-electron chi connectivity index (χ0n) is 12.7. The minimum absolute atomic E-state index is 0.167. The van der Waals surface area contributed by atoms with Crippen molar-refractivity contribution in [3.05, 3.63) is 22.6 Å². The molecule has 1 aliphatic rings. The molecule has 1 aromatic rings. The van der Waals surface area contributed by atoms with Gasteiger partial charge in [-0.2, -0.15) is 5.10 Å². The van der Waals surface area contributed by atoms with Crippen LogP contribution < -0.4 is 10.5 Å². The maximum Gasteiger partial charge on any atom is 0.309 e. The van der Waals surface area contributed by atoms with Gasteiger partial charge in [0, 0.05) is 25.7 Å². The summed E-state index contributed by atoms with van der Waals surface area (Å²) in [7, 11) is 0. The molecule has 2 heterocycles. The van der Waals surface area contributed by atoms with Gasteiger partial charge in [-0.25, -0.2) is 4.68 Å². The number of carboxylic acid groups (broad SMARTS) is 1. The highest BCUT2D eigenvalue weighted by Gasteiger charge is 2.27. The zero-order chi connectivity index (χ0) is 15.5. The van der Waals surface area contributed by atoms with Gasteiger partial charge in [-0.05, 0) is 39.5 Å². The minimum atomic E-state index is -0.861. The van der Waals surface area contributed by atoms with Crippen LogP contribution in [0.1, 0.15) is 39.5 Å². The standard InChI is InChI=1S/C15H23N3O3/c1-15(2,14(20)21)6-9-18-13(19)10-12(11-16-18)17-7-4-3-5-8-17/h10-11H,3-9H2,1-2H3,(H,20,21). The first kappa shape index (κ1) is 15.5. The summed E-state index contributed by atoms with van der Waals surface area (Å²) < 4.78 is 1.35. The van der Waals surface area contributed by atoms with E-state index >= 15 is 0 Å². The number of hydrogen-bond donors (Lipinski definition) is 1. The first-order valence-electron chi connectivity index (χ1n) is 7.46. The number of aliphatic carboxylic acids is 1. The van der Waals surface area contributed by atoms with E-state index in [1.807, 2.05) is 0 Å². The molecule has 0 bridgehead atoms. The second-order valence-electron chi connectivity index (χ2n) is 6.26. The molecule has 1 saturated heterocycles. The van der Waals surface area contributed by atoms with Gasteiger partial charge in [-0.15, -0.1) is 0 Å². The quantitative estimate of drug-likeness (QED) is 0.895. The lowest BCUT2D eigenvalue weighted by molar-refractivity contribution is -0.147. The summed E-state index contributed by atoms with van der Waals surface area (Å²) in [4.78, 5) is 25.4. The lowest BCUT2D eigenvalue weighted by Crippen LogP contribution is -2.33. The van der Waals surface area contributed by atoms with Crippen molar-refractivity contribution in [3.63, 3.8) is 0 Å². The van der Waals surface area contributed by atoms with Gasteiger partial charge in [0.2, 0.25) is 0 Å². The van der Waals surface area contributed by atoms with Crippen LogP contribution in [-0.4, -0.2) is 33.9 Å². The van der Waals surface area contributed by atoms with Crippen molar-refractivity contribution in [2.75, 3.05) is 18.0 Å². The molecule has 0 amide bonds. The first-order valence-corrected chi connectivity index (χ1v) is 7.46. The van der Waals surface area contributed by atoms with Crippen LogP contribution in [0.3, 0.4) is 0 Å². The molecule has 1 aliphatic heterocycles. The number of aromatic nitrogens is 2. The Morgan fingerprint density at radius 2 is 2.00 bits per heavy atom. The fourth-order valence-corrected chi connectivity index (χ4v) is 2.41. The van der Waals surface area contributed by atoms with Crippen LogP contribution >= 0.6 is 0 Å².